The summed E-state index contributed by atoms with van der Waals surface area (Å²) in [6.07, 6.45) is 4.41. The molecule has 4 rings (SSSR count). The number of carbonyl (C=O) groups excluding carboxylic acids is 1. The molecule has 1 amide bonds. The van der Waals surface area contributed by atoms with Crippen molar-refractivity contribution in [2.24, 2.45) is 10.9 Å². The maximum absolute atomic E-state index is 14.5. The van der Waals surface area contributed by atoms with Gasteiger partial charge >= 0.3 is 0 Å². The fourth-order valence-corrected chi connectivity index (χ4v) is 3.81. The summed E-state index contributed by atoms with van der Waals surface area (Å²) in [6, 6.07) is 13.8. The van der Waals surface area contributed by atoms with Crippen molar-refractivity contribution < 1.29 is 17.6 Å². The molecule has 6 N–H and O–H groups in total. The number of pyridine rings is 1. The molecule has 0 bridgehead atoms. The number of nitrogens with one attached hydrogen (secondary N) is 2. The minimum Gasteiger partial charge on any atom is -0.365 e. The van der Waals surface area contributed by atoms with Gasteiger partial charge in [0, 0.05) is 24.2 Å². The first-order chi connectivity index (χ1) is 16.2. The van der Waals surface area contributed by atoms with Crippen molar-refractivity contribution >= 4 is 39.1 Å². The third-order valence-electron chi connectivity index (χ3n) is 4.71. The summed E-state index contributed by atoms with van der Waals surface area (Å²) < 4.78 is 38.3. The highest BCUT2D eigenvalue weighted by molar-refractivity contribution is 7.89. The maximum Gasteiger partial charge on any atom is 0.254 e. The van der Waals surface area contributed by atoms with Crippen LogP contribution in [-0.2, 0) is 10.0 Å². The van der Waals surface area contributed by atoms with Gasteiger partial charge in [-0.15, -0.1) is 0 Å². The zero-order valence-electron chi connectivity index (χ0n) is 17.4. The lowest BCUT2D eigenvalue weighted by Crippen LogP contribution is -2.17. The topological polar surface area (TPSA) is 166 Å². The highest BCUT2D eigenvalue weighted by Crippen LogP contribution is 2.28. The summed E-state index contributed by atoms with van der Waals surface area (Å²) in [7, 11) is -4.07. The van der Waals surface area contributed by atoms with Gasteiger partial charge in [0.25, 0.3) is 5.91 Å². The molecule has 12 heteroatoms. The molecular formula is C22H18FN7O3S. The number of sulfonamides is 1. The molecule has 0 aliphatic heterocycles. The van der Waals surface area contributed by atoms with Gasteiger partial charge in [0.2, 0.25) is 16.0 Å². The van der Waals surface area contributed by atoms with Gasteiger partial charge in [0.15, 0.2) is 0 Å². The van der Waals surface area contributed by atoms with E-state index in [1.165, 1.54) is 24.3 Å². The van der Waals surface area contributed by atoms with E-state index < -0.39 is 21.7 Å². The van der Waals surface area contributed by atoms with Crippen molar-refractivity contribution in [3.05, 3.63) is 84.6 Å². The summed E-state index contributed by atoms with van der Waals surface area (Å²) in [5.41, 5.74) is 6.92. The molecule has 4 aromatic rings. The predicted octanol–water partition coefficient (Wildman–Crippen LogP) is 2.91. The number of nitrogens with zero attached hydrogens (tertiary/aromatic N) is 3. The summed E-state index contributed by atoms with van der Waals surface area (Å²) in [4.78, 5) is 24.0. The standard InChI is InChI=1S/C22H18FN7O3S/c23-16-8-7-13(14-4-3-9-26-11-14)10-18(16)29-22-27-12-15(20(24)31)21(30-22)28-17-5-1-2-6-19(17)34(25,32)33/h1-12H,(H2,24,31)(H2,25,32,33)(H2,27,28,29,30). The molecule has 0 radical (unpaired) electrons. The minimum atomic E-state index is -4.07. The average Bonchev–Trinajstić information content (AvgIpc) is 2.81. The molecule has 2 aromatic heterocycles. The van der Waals surface area contributed by atoms with Crippen molar-refractivity contribution in [2.45, 2.75) is 4.90 Å². The Balaban J connectivity index is 1.71. The lowest BCUT2D eigenvalue weighted by Gasteiger charge is -2.14. The number of hydrogen-bond donors (Lipinski definition) is 4. The van der Waals surface area contributed by atoms with Crippen LogP contribution in [0, 0.1) is 5.82 Å². The summed E-state index contributed by atoms with van der Waals surface area (Å²) >= 11 is 0. The van der Waals surface area contributed by atoms with E-state index in [2.05, 4.69) is 25.6 Å². The molecule has 2 heterocycles. The zero-order chi connectivity index (χ0) is 24.3. The number of para-hydroxylation sites is 1. The summed E-state index contributed by atoms with van der Waals surface area (Å²) in [5.74, 6) is -1.58. The molecule has 0 spiro atoms. The van der Waals surface area contributed by atoms with E-state index in [9.17, 15) is 17.6 Å². The van der Waals surface area contributed by atoms with Gasteiger partial charge in [-0.2, -0.15) is 4.98 Å². The Morgan fingerprint density at radius 2 is 1.74 bits per heavy atom. The smallest absolute Gasteiger partial charge is 0.254 e. The number of anilines is 4. The Kier molecular flexibility index (Phi) is 6.17. The minimum absolute atomic E-state index is 0.0668. The number of amides is 1. The molecule has 2 aromatic carbocycles. The monoisotopic (exact) mass is 479 g/mol. The summed E-state index contributed by atoms with van der Waals surface area (Å²) in [5, 5.41) is 10.8. The van der Waals surface area contributed by atoms with Crippen LogP contribution in [0.15, 0.2) is 78.1 Å². The Labute approximate surface area is 193 Å². The molecule has 0 fully saturated rings. The summed E-state index contributed by atoms with van der Waals surface area (Å²) in [6.45, 7) is 0. The molecule has 0 atom stereocenters. The van der Waals surface area contributed by atoms with E-state index in [0.717, 1.165) is 11.8 Å². The van der Waals surface area contributed by atoms with Crippen molar-refractivity contribution in [3.8, 4) is 11.1 Å². The van der Waals surface area contributed by atoms with Crippen molar-refractivity contribution in [1.82, 2.24) is 15.0 Å². The van der Waals surface area contributed by atoms with E-state index in [-0.39, 0.29) is 33.6 Å². The Morgan fingerprint density at radius 3 is 2.44 bits per heavy atom. The second kappa shape index (κ2) is 9.21. The zero-order valence-corrected chi connectivity index (χ0v) is 18.3. The Hall–Kier alpha value is -4.42. The average molecular weight is 479 g/mol. The van der Waals surface area contributed by atoms with Crippen LogP contribution in [0.3, 0.4) is 0 Å². The van der Waals surface area contributed by atoms with E-state index in [1.807, 2.05) is 6.07 Å². The first-order valence-corrected chi connectivity index (χ1v) is 11.3. The molecule has 0 unspecified atom stereocenters. The fourth-order valence-electron chi connectivity index (χ4n) is 3.12. The van der Waals surface area contributed by atoms with Gasteiger partial charge in [0.1, 0.15) is 22.1 Å². The van der Waals surface area contributed by atoms with Gasteiger partial charge in [0.05, 0.1) is 11.4 Å². The lowest BCUT2D eigenvalue weighted by molar-refractivity contribution is 0.100. The number of halogens is 1. The number of primary amides is 1. The third-order valence-corrected chi connectivity index (χ3v) is 5.68. The lowest BCUT2D eigenvalue weighted by atomic mass is 10.1. The third kappa shape index (κ3) is 4.98. The molecule has 10 nitrogen and oxygen atoms in total. The van der Waals surface area contributed by atoms with E-state index in [1.54, 1.807) is 36.7 Å². The van der Waals surface area contributed by atoms with Crippen LogP contribution in [0.4, 0.5) is 27.5 Å². The van der Waals surface area contributed by atoms with Gasteiger partial charge < -0.3 is 16.4 Å². The number of aromatic nitrogens is 3. The Morgan fingerprint density at radius 1 is 0.941 bits per heavy atom. The number of hydrogen-bond acceptors (Lipinski definition) is 8. The van der Waals surface area contributed by atoms with Crippen LogP contribution < -0.4 is 21.5 Å². The largest absolute Gasteiger partial charge is 0.365 e. The van der Waals surface area contributed by atoms with Crippen LogP contribution in [0.25, 0.3) is 11.1 Å². The van der Waals surface area contributed by atoms with E-state index in [0.29, 0.717) is 5.56 Å². The van der Waals surface area contributed by atoms with Crippen LogP contribution in [0.5, 0.6) is 0 Å². The van der Waals surface area contributed by atoms with Crippen LogP contribution in [0.1, 0.15) is 10.4 Å². The fraction of sp³-hybridized carbons (Fsp3) is 0. The normalized spacial score (nSPS) is 11.1. The molecule has 0 saturated heterocycles. The number of primary sulfonamides is 1. The maximum atomic E-state index is 14.5. The molecule has 34 heavy (non-hydrogen) atoms. The van der Waals surface area contributed by atoms with E-state index in [4.69, 9.17) is 10.9 Å². The quantitative estimate of drug-likeness (QED) is 0.314. The number of rotatable bonds is 7. The molecule has 0 aliphatic carbocycles. The molecule has 172 valence electrons. The predicted molar refractivity (Wildman–Crippen MR) is 125 cm³/mol. The Bertz CT molecular complexity index is 1480. The second-order valence-electron chi connectivity index (χ2n) is 7.05. The molecular weight excluding hydrogens is 461 g/mol. The van der Waals surface area contributed by atoms with Crippen molar-refractivity contribution in [1.29, 1.82) is 0 Å². The second-order valence-corrected chi connectivity index (χ2v) is 8.58. The first-order valence-electron chi connectivity index (χ1n) is 9.75. The SMILES string of the molecule is NC(=O)c1cnc(Nc2cc(-c3cccnc3)ccc2F)nc1Nc1ccccc1S(N)(=O)=O. The molecule has 0 aliphatic rings. The van der Waals surface area contributed by atoms with Crippen LogP contribution >= 0.6 is 0 Å². The first kappa shape index (κ1) is 22.8. The number of carbonyl (C=O) groups is 1. The van der Waals surface area contributed by atoms with Crippen molar-refractivity contribution in [2.75, 3.05) is 10.6 Å². The van der Waals surface area contributed by atoms with Crippen LogP contribution in [0.2, 0.25) is 0 Å². The highest BCUT2D eigenvalue weighted by atomic mass is 32.2. The van der Waals surface area contributed by atoms with Gasteiger partial charge in [-0.05, 0) is 35.9 Å². The van der Waals surface area contributed by atoms with E-state index >= 15 is 0 Å². The highest BCUT2D eigenvalue weighted by Gasteiger charge is 2.18. The van der Waals surface area contributed by atoms with Gasteiger partial charge in [-0.25, -0.2) is 22.9 Å². The number of benzene rings is 2. The number of nitrogens with two attached hydrogens (primary N) is 2. The van der Waals surface area contributed by atoms with Crippen LogP contribution in [-0.4, -0.2) is 29.3 Å². The molecule has 0 saturated carbocycles. The van der Waals surface area contributed by atoms with Crippen molar-refractivity contribution in [3.63, 3.8) is 0 Å². The van der Waals surface area contributed by atoms with Gasteiger partial charge in [-0.1, -0.05) is 24.3 Å². The van der Waals surface area contributed by atoms with Gasteiger partial charge in [-0.3, -0.25) is 9.78 Å².